The van der Waals surface area contributed by atoms with Crippen molar-refractivity contribution >= 4 is 5.97 Å². The zero-order valence-electron chi connectivity index (χ0n) is 9.78. The van der Waals surface area contributed by atoms with E-state index >= 15 is 0 Å². The maximum atomic E-state index is 11.1. The zero-order chi connectivity index (χ0) is 11.8. The summed E-state index contributed by atoms with van der Waals surface area (Å²) in [5.74, 6) is 0.0397. The molecule has 1 aromatic rings. The van der Waals surface area contributed by atoms with E-state index in [2.05, 4.69) is 22.0 Å². The van der Waals surface area contributed by atoms with Gasteiger partial charge in [-0.1, -0.05) is 19.8 Å². The maximum Gasteiger partial charge on any atom is 0.360 e. The molecule has 0 atom stereocenters. The molecule has 16 heavy (non-hydrogen) atoms. The van der Waals surface area contributed by atoms with Gasteiger partial charge >= 0.3 is 5.97 Å². The Morgan fingerprint density at radius 1 is 1.56 bits per heavy atom. The monoisotopic (exact) mass is 226 g/mol. The number of carbonyl (C=O) groups excluding carboxylic acids is 1. The summed E-state index contributed by atoms with van der Waals surface area (Å²) in [6.45, 7) is 3.64. The van der Waals surface area contributed by atoms with E-state index in [1.54, 1.807) is 0 Å². The van der Waals surface area contributed by atoms with Crippen molar-refractivity contribution in [2.45, 2.75) is 32.7 Å². The van der Waals surface area contributed by atoms with E-state index in [4.69, 9.17) is 4.42 Å². The molecule has 5 nitrogen and oxygen atoms in total. The second-order valence-corrected chi connectivity index (χ2v) is 3.50. The third kappa shape index (κ3) is 4.02. The Bertz CT molecular complexity index is 323. The van der Waals surface area contributed by atoms with E-state index in [9.17, 15) is 4.79 Å². The second-order valence-electron chi connectivity index (χ2n) is 3.50. The topological polar surface area (TPSA) is 64.4 Å². The Morgan fingerprint density at radius 2 is 2.38 bits per heavy atom. The van der Waals surface area contributed by atoms with E-state index in [1.807, 2.05) is 0 Å². The molecule has 0 saturated carbocycles. The molecule has 90 valence electrons. The number of nitrogens with zero attached hydrogens (tertiary/aromatic N) is 1. The van der Waals surface area contributed by atoms with Gasteiger partial charge in [-0.3, -0.25) is 0 Å². The van der Waals surface area contributed by atoms with Gasteiger partial charge < -0.3 is 14.5 Å². The first-order chi connectivity index (χ1) is 7.77. The first kappa shape index (κ1) is 12.7. The van der Waals surface area contributed by atoms with Gasteiger partial charge in [0.2, 0.25) is 5.89 Å². The van der Waals surface area contributed by atoms with Crippen molar-refractivity contribution in [3.05, 3.63) is 17.8 Å². The van der Waals surface area contributed by atoms with Crippen LogP contribution in [0.15, 0.2) is 10.7 Å². The predicted octanol–water partition coefficient (Wildman–Crippen LogP) is 1.74. The number of hydrogen-bond donors (Lipinski definition) is 1. The lowest BCUT2D eigenvalue weighted by Gasteiger charge is -1.99. The van der Waals surface area contributed by atoms with Gasteiger partial charge in [0, 0.05) is 0 Å². The van der Waals surface area contributed by atoms with E-state index in [-0.39, 0.29) is 5.69 Å². The number of unbranched alkanes of at least 4 members (excludes halogenated alkanes) is 2. The Labute approximate surface area is 95.2 Å². The van der Waals surface area contributed by atoms with Crippen LogP contribution in [0.3, 0.4) is 0 Å². The molecule has 0 aliphatic rings. The summed E-state index contributed by atoms with van der Waals surface area (Å²) in [6, 6.07) is 0. The van der Waals surface area contributed by atoms with Gasteiger partial charge in [-0.2, -0.15) is 0 Å². The molecule has 1 aromatic heterocycles. The zero-order valence-corrected chi connectivity index (χ0v) is 9.78. The minimum atomic E-state index is -0.471. The summed E-state index contributed by atoms with van der Waals surface area (Å²) in [7, 11) is 1.32. The average molecular weight is 226 g/mol. The summed E-state index contributed by atoms with van der Waals surface area (Å²) < 4.78 is 9.65. The molecule has 0 aliphatic heterocycles. The third-order valence-corrected chi connectivity index (χ3v) is 2.18. The molecule has 0 fully saturated rings. The first-order valence-electron chi connectivity index (χ1n) is 5.51. The fraction of sp³-hybridized carbons (Fsp3) is 0.636. The van der Waals surface area contributed by atoms with Gasteiger partial charge in [0.1, 0.15) is 6.26 Å². The lowest BCUT2D eigenvalue weighted by atomic mass is 10.2. The number of aromatic nitrogens is 1. The van der Waals surface area contributed by atoms with Gasteiger partial charge in [0.25, 0.3) is 0 Å². The smallest absolute Gasteiger partial charge is 0.360 e. The van der Waals surface area contributed by atoms with E-state index in [0.29, 0.717) is 12.4 Å². The summed E-state index contributed by atoms with van der Waals surface area (Å²) >= 11 is 0. The highest BCUT2D eigenvalue weighted by molar-refractivity contribution is 5.86. The van der Waals surface area contributed by atoms with Crippen molar-refractivity contribution in [2.75, 3.05) is 13.7 Å². The molecule has 0 bridgehead atoms. The van der Waals surface area contributed by atoms with E-state index in [1.165, 1.54) is 26.2 Å². The van der Waals surface area contributed by atoms with Crippen LogP contribution in [0.4, 0.5) is 0 Å². The van der Waals surface area contributed by atoms with Crippen molar-refractivity contribution in [2.24, 2.45) is 0 Å². The number of carbonyl (C=O) groups is 1. The molecular formula is C11H18N2O3. The molecule has 0 spiro atoms. The number of oxazole rings is 1. The summed E-state index contributed by atoms with van der Waals surface area (Å²) in [4.78, 5) is 15.1. The van der Waals surface area contributed by atoms with Crippen LogP contribution in [0.25, 0.3) is 0 Å². The Hall–Kier alpha value is -1.36. The highest BCUT2D eigenvalue weighted by Gasteiger charge is 2.11. The minimum absolute atomic E-state index is 0.216. The summed E-state index contributed by atoms with van der Waals surface area (Å²) in [5.41, 5.74) is 0.216. The van der Waals surface area contributed by atoms with Gasteiger partial charge in [0.05, 0.1) is 13.7 Å². The van der Waals surface area contributed by atoms with Gasteiger partial charge in [-0.25, -0.2) is 9.78 Å². The molecule has 0 saturated heterocycles. The number of methoxy groups -OCH3 is 1. The SMILES string of the molecule is CCCCCNCc1nc(C(=O)OC)co1. The predicted molar refractivity (Wildman–Crippen MR) is 59.1 cm³/mol. The fourth-order valence-electron chi connectivity index (χ4n) is 1.29. The van der Waals surface area contributed by atoms with E-state index in [0.717, 1.165) is 13.0 Å². The van der Waals surface area contributed by atoms with Crippen LogP contribution in [-0.4, -0.2) is 24.6 Å². The van der Waals surface area contributed by atoms with Crippen LogP contribution in [0.2, 0.25) is 0 Å². The van der Waals surface area contributed by atoms with Crippen molar-refractivity contribution in [3.63, 3.8) is 0 Å². The number of hydrogen-bond acceptors (Lipinski definition) is 5. The highest BCUT2D eigenvalue weighted by Crippen LogP contribution is 2.03. The molecule has 0 aliphatic carbocycles. The first-order valence-corrected chi connectivity index (χ1v) is 5.51. The van der Waals surface area contributed by atoms with Gasteiger partial charge in [0.15, 0.2) is 5.69 Å². The minimum Gasteiger partial charge on any atom is -0.464 e. The van der Waals surface area contributed by atoms with Crippen molar-refractivity contribution < 1.29 is 13.9 Å². The second kappa shape index (κ2) is 7.00. The number of esters is 1. The quantitative estimate of drug-likeness (QED) is 0.566. The van der Waals surface area contributed by atoms with Crippen LogP contribution in [-0.2, 0) is 11.3 Å². The van der Waals surface area contributed by atoms with Crippen molar-refractivity contribution in [1.82, 2.24) is 10.3 Å². The van der Waals surface area contributed by atoms with E-state index < -0.39 is 5.97 Å². The standard InChI is InChI=1S/C11H18N2O3/c1-3-4-5-6-12-7-10-13-9(8-16-10)11(14)15-2/h8,12H,3-7H2,1-2H3. The molecule has 0 aromatic carbocycles. The van der Waals surface area contributed by atoms with Crippen LogP contribution in [0.5, 0.6) is 0 Å². The van der Waals surface area contributed by atoms with Crippen LogP contribution in [0, 0.1) is 0 Å². The van der Waals surface area contributed by atoms with Crippen LogP contribution in [0.1, 0.15) is 42.6 Å². The highest BCUT2D eigenvalue weighted by atomic mass is 16.5. The molecule has 1 rings (SSSR count). The lowest BCUT2D eigenvalue weighted by molar-refractivity contribution is 0.0594. The number of nitrogens with one attached hydrogen (secondary N) is 1. The average Bonchev–Trinajstić information content (AvgIpc) is 2.76. The fourth-order valence-corrected chi connectivity index (χ4v) is 1.29. The normalized spacial score (nSPS) is 10.4. The molecule has 1 N–H and O–H groups in total. The van der Waals surface area contributed by atoms with Crippen molar-refractivity contribution in [3.8, 4) is 0 Å². The van der Waals surface area contributed by atoms with Gasteiger partial charge in [-0.05, 0) is 13.0 Å². The summed E-state index contributed by atoms with van der Waals surface area (Å²) in [6.07, 6.45) is 4.87. The molecule has 1 heterocycles. The largest absolute Gasteiger partial charge is 0.464 e. The van der Waals surface area contributed by atoms with Crippen LogP contribution < -0.4 is 5.32 Å². The number of rotatable bonds is 7. The summed E-state index contributed by atoms with van der Waals surface area (Å²) in [5, 5.41) is 3.20. The molecular weight excluding hydrogens is 208 g/mol. The number of ether oxygens (including phenoxy) is 1. The Kier molecular flexibility index (Phi) is 5.56. The molecule has 0 amide bonds. The molecule has 0 unspecified atom stereocenters. The maximum absolute atomic E-state index is 11.1. The third-order valence-electron chi connectivity index (χ3n) is 2.18. The molecule has 0 radical (unpaired) electrons. The Morgan fingerprint density at radius 3 is 3.06 bits per heavy atom. The lowest BCUT2D eigenvalue weighted by Crippen LogP contribution is -2.15. The molecule has 5 heteroatoms. The van der Waals surface area contributed by atoms with Crippen molar-refractivity contribution in [1.29, 1.82) is 0 Å². The van der Waals surface area contributed by atoms with Crippen LogP contribution >= 0.6 is 0 Å². The van der Waals surface area contributed by atoms with Gasteiger partial charge in [-0.15, -0.1) is 0 Å². The Balaban J connectivity index is 2.27.